The van der Waals surface area contributed by atoms with Gasteiger partial charge in [0.2, 0.25) is 0 Å². The number of furan rings is 1. The average molecular weight is 299 g/mol. The van der Waals surface area contributed by atoms with Crippen LogP contribution < -0.4 is 11.1 Å². The summed E-state index contributed by atoms with van der Waals surface area (Å²) in [5.74, 6) is 0.360. The molecule has 0 aliphatic rings. The second-order valence-electron chi connectivity index (χ2n) is 3.55. The lowest BCUT2D eigenvalue weighted by atomic mass is 10.2. The minimum atomic E-state index is -0.309. The summed E-state index contributed by atoms with van der Waals surface area (Å²) in [4.78, 5) is 0. The number of nitrogens with two attached hydrogens (primary N) is 1. The number of halogens is 2. The summed E-state index contributed by atoms with van der Waals surface area (Å²) in [7, 11) is 0. The monoisotopic (exact) mass is 298 g/mol. The molecule has 5 heteroatoms. The lowest BCUT2D eigenvalue weighted by Crippen LogP contribution is -2.20. The van der Waals surface area contributed by atoms with Gasteiger partial charge in [0.15, 0.2) is 4.67 Å². The van der Waals surface area contributed by atoms with Crippen LogP contribution in [0.5, 0.6) is 0 Å². The Kier molecular flexibility index (Phi) is 3.81. The average Bonchev–Trinajstić information content (AvgIpc) is 2.75. The first-order valence-corrected chi connectivity index (χ1v) is 5.96. The lowest BCUT2D eigenvalue weighted by Gasteiger charge is -2.16. The van der Waals surface area contributed by atoms with E-state index in [-0.39, 0.29) is 11.9 Å². The predicted molar refractivity (Wildman–Crippen MR) is 68.2 cm³/mol. The first-order valence-electron chi connectivity index (χ1n) is 5.17. The van der Waals surface area contributed by atoms with Crippen molar-refractivity contribution in [3.8, 4) is 0 Å². The molecular weight excluding hydrogens is 287 g/mol. The number of anilines is 1. The van der Waals surface area contributed by atoms with Gasteiger partial charge in [-0.3, -0.25) is 0 Å². The van der Waals surface area contributed by atoms with Crippen molar-refractivity contribution in [3.05, 3.63) is 52.6 Å². The van der Waals surface area contributed by atoms with E-state index in [2.05, 4.69) is 21.2 Å². The summed E-state index contributed by atoms with van der Waals surface area (Å²) < 4.78 is 19.5. The van der Waals surface area contributed by atoms with Gasteiger partial charge in [0.25, 0.3) is 0 Å². The lowest BCUT2D eigenvalue weighted by molar-refractivity contribution is 0.462. The van der Waals surface area contributed by atoms with E-state index in [1.165, 1.54) is 6.07 Å². The molecule has 3 N–H and O–H groups in total. The fraction of sp³-hybridized carbons (Fsp3) is 0.167. The van der Waals surface area contributed by atoms with Gasteiger partial charge >= 0.3 is 0 Å². The van der Waals surface area contributed by atoms with E-state index in [1.54, 1.807) is 30.3 Å². The molecule has 0 aliphatic carbocycles. The molecule has 17 heavy (non-hydrogen) atoms. The van der Waals surface area contributed by atoms with Gasteiger partial charge in [0, 0.05) is 6.54 Å². The van der Waals surface area contributed by atoms with Crippen LogP contribution in [-0.4, -0.2) is 6.54 Å². The van der Waals surface area contributed by atoms with E-state index in [0.29, 0.717) is 22.7 Å². The third kappa shape index (κ3) is 2.87. The van der Waals surface area contributed by atoms with E-state index in [4.69, 9.17) is 10.2 Å². The first-order chi connectivity index (χ1) is 8.20. The molecule has 0 aliphatic heterocycles. The molecule has 0 spiro atoms. The number of hydrogen-bond donors (Lipinski definition) is 2. The summed E-state index contributed by atoms with van der Waals surface area (Å²) in [5, 5.41) is 3.01. The Balaban J connectivity index is 2.18. The normalized spacial score (nSPS) is 12.4. The van der Waals surface area contributed by atoms with Crippen LogP contribution in [0.2, 0.25) is 0 Å². The second-order valence-corrected chi connectivity index (χ2v) is 4.34. The maximum absolute atomic E-state index is 13.5. The predicted octanol–water partition coefficient (Wildman–Crippen LogP) is 3.29. The van der Waals surface area contributed by atoms with Crippen LogP contribution in [0.25, 0.3) is 0 Å². The van der Waals surface area contributed by atoms with E-state index in [9.17, 15) is 4.39 Å². The van der Waals surface area contributed by atoms with Gasteiger partial charge < -0.3 is 15.5 Å². The van der Waals surface area contributed by atoms with Crippen molar-refractivity contribution >= 4 is 21.6 Å². The third-order valence-electron chi connectivity index (χ3n) is 2.38. The molecule has 1 aromatic carbocycles. The standard InChI is InChI=1S/C12H12BrFN2O/c13-12-6-5-11(17-12)10(7-15)16-9-4-2-1-3-8(9)14/h1-6,10,16H,7,15H2. The number of para-hydroxylation sites is 1. The zero-order valence-corrected chi connectivity index (χ0v) is 10.6. The second kappa shape index (κ2) is 5.33. The Morgan fingerprint density at radius 2 is 2.06 bits per heavy atom. The highest BCUT2D eigenvalue weighted by Crippen LogP contribution is 2.24. The molecule has 90 valence electrons. The van der Waals surface area contributed by atoms with Crippen molar-refractivity contribution in [1.29, 1.82) is 0 Å². The summed E-state index contributed by atoms with van der Waals surface area (Å²) in [6.45, 7) is 0.314. The molecule has 0 fully saturated rings. The Morgan fingerprint density at radius 1 is 1.29 bits per heavy atom. The molecule has 2 rings (SSSR count). The summed E-state index contributed by atoms with van der Waals surface area (Å²) in [5.41, 5.74) is 6.06. The van der Waals surface area contributed by atoms with Crippen molar-refractivity contribution in [3.63, 3.8) is 0 Å². The molecule has 3 nitrogen and oxygen atoms in total. The van der Waals surface area contributed by atoms with Crippen LogP contribution in [0.15, 0.2) is 45.5 Å². The van der Waals surface area contributed by atoms with Crippen LogP contribution in [-0.2, 0) is 0 Å². The molecule has 1 unspecified atom stereocenters. The summed E-state index contributed by atoms with van der Waals surface area (Å²) in [6, 6.07) is 9.79. The summed E-state index contributed by atoms with van der Waals surface area (Å²) in [6.07, 6.45) is 0. The number of nitrogens with one attached hydrogen (secondary N) is 1. The molecule has 1 aromatic heterocycles. The quantitative estimate of drug-likeness (QED) is 0.911. The van der Waals surface area contributed by atoms with Gasteiger partial charge in [-0.1, -0.05) is 12.1 Å². The number of rotatable bonds is 4. The van der Waals surface area contributed by atoms with Gasteiger partial charge in [0.05, 0.1) is 11.7 Å². The van der Waals surface area contributed by atoms with Gasteiger partial charge in [-0.15, -0.1) is 0 Å². The van der Waals surface area contributed by atoms with E-state index >= 15 is 0 Å². The maximum atomic E-state index is 13.5. The molecule has 2 aromatic rings. The van der Waals surface area contributed by atoms with Crippen LogP contribution >= 0.6 is 15.9 Å². The SMILES string of the molecule is NCC(Nc1ccccc1F)c1ccc(Br)o1. The fourth-order valence-corrected chi connectivity index (χ4v) is 1.85. The van der Waals surface area contributed by atoms with Crippen LogP contribution in [0.3, 0.4) is 0 Å². The molecule has 0 saturated heterocycles. The zero-order chi connectivity index (χ0) is 12.3. The van der Waals surface area contributed by atoms with E-state index < -0.39 is 0 Å². The van der Waals surface area contributed by atoms with E-state index in [0.717, 1.165) is 0 Å². The molecule has 0 radical (unpaired) electrons. The first kappa shape index (κ1) is 12.1. The van der Waals surface area contributed by atoms with Crippen molar-refractivity contribution in [2.45, 2.75) is 6.04 Å². The highest BCUT2D eigenvalue weighted by molar-refractivity contribution is 9.10. The molecule has 0 amide bonds. The van der Waals surface area contributed by atoms with Gasteiger partial charge in [-0.25, -0.2) is 4.39 Å². The molecule has 1 atom stereocenters. The third-order valence-corrected chi connectivity index (χ3v) is 2.80. The Morgan fingerprint density at radius 3 is 2.65 bits per heavy atom. The van der Waals surface area contributed by atoms with Gasteiger partial charge in [-0.2, -0.15) is 0 Å². The van der Waals surface area contributed by atoms with E-state index in [1.807, 2.05) is 0 Å². The van der Waals surface area contributed by atoms with Crippen molar-refractivity contribution in [2.24, 2.45) is 5.73 Å². The number of hydrogen-bond acceptors (Lipinski definition) is 3. The van der Waals surface area contributed by atoms with Crippen LogP contribution in [0.4, 0.5) is 10.1 Å². The molecule has 0 bridgehead atoms. The Hall–Kier alpha value is -1.33. The highest BCUT2D eigenvalue weighted by Gasteiger charge is 2.14. The molecule has 0 saturated carbocycles. The highest BCUT2D eigenvalue weighted by atomic mass is 79.9. The minimum absolute atomic E-state index is 0.252. The van der Waals surface area contributed by atoms with Crippen LogP contribution in [0.1, 0.15) is 11.8 Å². The Bertz CT molecular complexity index is 501. The largest absolute Gasteiger partial charge is 0.452 e. The smallest absolute Gasteiger partial charge is 0.169 e. The van der Waals surface area contributed by atoms with Crippen LogP contribution in [0, 0.1) is 5.82 Å². The Labute approximate surface area is 107 Å². The maximum Gasteiger partial charge on any atom is 0.169 e. The van der Waals surface area contributed by atoms with Crippen molar-refractivity contribution < 1.29 is 8.81 Å². The van der Waals surface area contributed by atoms with Gasteiger partial charge in [0.1, 0.15) is 11.6 Å². The van der Waals surface area contributed by atoms with Crippen molar-refractivity contribution in [1.82, 2.24) is 0 Å². The van der Waals surface area contributed by atoms with Crippen molar-refractivity contribution in [2.75, 3.05) is 11.9 Å². The zero-order valence-electron chi connectivity index (χ0n) is 8.99. The fourth-order valence-electron chi connectivity index (χ4n) is 1.53. The topological polar surface area (TPSA) is 51.2 Å². The molecule has 1 heterocycles. The summed E-state index contributed by atoms with van der Waals surface area (Å²) >= 11 is 3.22. The number of benzene rings is 1. The minimum Gasteiger partial charge on any atom is -0.452 e. The molecular formula is C12H12BrFN2O. The van der Waals surface area contributed by atoms with Gasteiger partial charge in [-0.05, 0) is 40.2 Å².